The number of hydrogen-bond donors (Lipinski definition) is 1. The van der Waals surface area contributed by atoms with Gasteiger partial charge in [0.25, 0.3) is 0 Å². The average Bonchev–Trinajstić information content (AvgIpc) is 2.47. The van der Waals surface area contributed by atoms with Crippen molar-refractivity contribution in [2.45, 2.75) is 46.5 Å². The number of nitrogens with zero attached hydrogens (tertiary/aromatic N) is 2. The molecule has 0 amide bonds. The maximum Gasteiger partial charge on any atom is 0.135 e. The molecule has 1 aromatic carbocycles. The zero-order valence-electron chi connectivity index (χ0n) is 13.5. The Morgan fingerprint density at radius 2 is 1.90 bits per heavy atom. The van der Waals surface area contributed by atoms with Gasteiger partial charge < -0.3 is 5.32 Å². The molecule has 1 N–H and O–H groups in total. The largest absolute Gasteiger partial charge is 0.370 e. The highest BCUT2D eigenvalue weighted by molar-refractivity contribution is 5.38. The van der Waals surface area contributed by atoms with Crippen molar-refractivity contribution in [1.82, 2.24) is 9.97 Å². The molecule has 3 heteroatoms. The molecule has 0 aliphatic rings. The van der Waals surface area contributed by atoms with Crippen LogP contribution in [0.25, 0.3) is 0 Å². The molecule has 1 heterocycles. The molecule has 0 aliphatic carbocycles. The van der Waals surface area contributed by atoms with Gasteiger partial charge in [-0.3, -0.25) is 0 Å². The molecule has 0 unspecified atom stereocenters. The Kier molecular flexibility index (Phi) is 5.32. The highest BCUT2D eigenvalue weighted by atomic mass is 15.0. The number of benzene rings is 1. The van der Waals surface area contributed by atoms with Crippen molar-refractivity contribution in [1.29, 1.82) is 0 Å². The summed E-state index contributed by atoms with van der Waals surface area (Å²) in [4.78, 5) is 9.39. The minimum atomic E-state index is 0.408. The lowest BCUT2D eigenvalue weighted by atomic mass is 10.1. The Hall–Kier alpha value is -1.90. The van der Waals surface area contributed by atoms with E-state index in [2.05, 4.69) is 68.3 Å². The molecule has 21 heavy (non-hydrogen) atoms. The van der Waals surface area contributed by atoms with Crippen LogP contribution in [0.1, 0.15) is 55.8 Å². The van der Waals surface area contributed by atoms with Gasteiger partial charge in [0.1, 0.15) is 11.6 Å². The first-order chi connectivity index (χ1) is 10.1. The van der Waals surface area contributed by atoms with Gasteiger partial charge in [-0.05, 0) is 30.4 Å². The van der Waals surface area contributed by atoms with Crippen molar-refractivity contribution in [2.24, 2.45) is 0 Å². The van der Waals surface area contributed by atoms with Crippen LogP contribution in [-0.2, 0) is 6.42 Å². The molecule has 2 rings (SSSR count). The molecule has 0 saturated carbocycles. The molecule has 0 radical (unpaired) electrons. The van der Waals surface area contributed by atoms with E-state index in [1.807, 2.05) is 0 Å². The second kappa shape index (κ2) is 7.21. The number of aromatic nitrogens is 2. The molecular weight excluding hydrogens is 258 g/mol. The fourth-order valence-corrected chi connectivity index (χ4v) is 2.21. The van der Waals surface area contributed by atoms with Gasteiger partial charge in [-0.2, -0.15) is 0 Å². The van der Waals surface area contributed by atoms with Gasteiger partial charge in [0.2, 0.25) is 0 Å². The van der Waals surface area contributed by atoms with Gasteiger partial charge >= 0.3 is 0 Å². The standard InChI is InChI=1S/C18H25N3/c1-5-10-19-17-12-16(13(2)3)20-18(21-17)11-15-9-7-6-8-14(15)4/h6-9,12-13H,5,10-11H2,1-4H3,(H,19,20,21). The number of anilines is 1. The highest BCUT2D eigenvalue weighted by Gasteiger charge is 2.09. The van der Waals surface area contributed by atoms with Gasteiger partial charge in [0, 0.05) is 24.7 Å². The quantitative estimate of drug-likeness (QED) is 0.858. The Labute approximate surface area is 127 Å². The lowest BCUT2D eigenvalue weighted by molar-refractivity contribution is 0.790. The van der Waals surface area contributed by atoms with Crippen molar-refractivity contribution in [3.05, 3.63) is 53.0 Å². The Morgan fingerprint density at radius 1 is 1.14 bits per heavy atom. The first-order valence-electron chi connectivity index (χ1n) is 7.76. The summed E-state index contributed by atoms with van der Waals surface area (Å²) >= 11 is 0. The van der Waals surface area contributed by atoms with Crippen LogP contribution in [0.2, 0.25) is 0 Å². The molecule has 3 nitrogen and oxygen atoms in total. The Morgan fingerprint density at radius 3 is 2.57 bits per heavy atom. The zero-order chi connectivity index (χ0) is 15.2. The molecule has 0 aliphatic heterocycles. The maximum absolute atomic E-state index is 4.73. The minimum absolute atomic E-state index is 0.408. The number of hydrogen-bond acceptors (Lipinski definition) is 3. The summed E-state index contributed by atoms with van der Waals surface area (Å²) in [6, 6.07) is 10.5. The number of nitrogens with one attached hydrogen (secondary N) is 1. The molecule has 0 bridgehead atoms. The summed E-state index contributed by atoms with van der Waals surface area (Å²) in [6.45, 7) is 9.58. The van der Waals surface area contributed by atoms with Crippen molar-refractivity contribution in [2.75, 3.05) is 11.9 Å². The van der Waals surface area contributed by atoms with Crippen LogP contribution in [0.5, 0.6) is 0 Å². The molecule has 0 saturated heterocycles. The second-order valence-corrected chi connectivity index (χ2v) is 5.78. The molecule has 112 valence electrons. The molecular formula is C18H25N3. The van der Waals surface area contributed by atoms with Crippen LogP contribution in [0, 0.1) is 6.92 Å². The van der Waals surface area contributed by atoms with Crippen molar-refractivity contribution in [3.8, 4) is 0 Å². The molecule has 1 aromatic heterocycles. The third kappa shape index (κ3) is 4.28. The van der Waals surface area contributed by atoms with Crippen molar-refractivity contribution in [3.63, 3.8) is 0 Å². The minimum Gasteiger partial charge on any atom is -0.370 e. The van der Waals surface area contributed by atoms with Gasteiger partial charge in [0.15, 0.2) is 0 Å². The van der Waals surface area contributed by atoms with Gasteiger partial charge in [-0.15, -0.1) is 0 Å². The summed E-state index contributed by atoms with van der Waals surface area (Å²) < 4.78 is 0. The summed E-state index contributed by atoms with van der Waals surface area (Å²) in [5, 5.41) is 3.38. The van der Waals surface area contributed by atoms with Crippen LogP contribution in [-0.4, -0.2) is 16.5 Å². The Bertz CT molecular complexity index is 591. The van der Waals surface area contributed by atoms with E-state index in [0.29, 0.717) is 5.92 Å². The molecule has 2 aromatic rings. The van der Waals surface area contributed by atoms with Gasteiger partial charge in [0.05, 0.1) is 0 Å². The summed E-state index contributed by atoms with van der Waals surface area (Å²) in [5.74, 6) is 2.25. The van der Waals surface area contributed by atoms with E-state index in [0.717, 1.165) is 36.7 Å². The van der Waals surface area contributed by atoms with Crippen LogP contribution in [0.3, 0.4) is 0 Å². The van der Waals surface area contributed by atoms with E-state index >= 15 is 0 Å². The molecule has 0 fully saturated rings. The smallest absolute Gasteiger partial charge is 0.135 e. The van der Waals surface area contributed by atoms with Crippen LogP contribution in [0.4, 0.5) is 5.82 Å². The van der Waals surface area contributed by atoms with Gasteiger partial charge in [-0.25, -0.2) is 9.97 Å². The van der Waals surface area contributed by atoms with Gasteiger partial charge in [-0.1, -0.05) is 45.0 Å². The van der Waals surface area contributed by atoms with Crippen molar-refractivity contribution < 1.29 is 0 Å². The highest BCUT2D eigenvalue weighted by Crippen LogP contribution is 2.18. The summed E-state index contributed by atoms with van der Waals surface area (Å²) in [5.41, 5.74) is 3.69. The first-order valence-corrected chi connectivity index (χ1v) is 7.76. The summed E-state index contributed by atoms with van der Waals surface area (Å²) in [7, 11) is 0. The monoisotopic (exact) mass is 283 g/mol. The lowest BCUT2D eigenvalue weighted by Gasteiger charge is -2.12. The maximum atomic E-state index is 4.73. The number of aryl methyl sites for hydroxylation is 1. The fraction of sp³-hybridized carbons (Fsp3) is 0.444. The van der Waals surface area contributed by atoms with E-state index < -0.39 is 0 Å². The molecule has 0 spiro atoms. The lowest BCUT2D eigenvalue weighted by Crippen LogP contribution is -2.09. The fourth-order valence-electron chi connectivity index (χ4n) is 2.21. The normalized spacial score (nSPS) is 10.9. The SMILES string of the molecule is CCCNc1cc(C(C)C)nc(Cc2ccccc2C)n1. The van der Waals surface area contributed by atoms with E-state index in [4.69, 9.17) is 4.98 Å². The third-order valence-corrected chi connectivity index (χ3v) is 3.55. The van der Waals surface area contributed by atoms with Crippen molar-refractivity contribution >= 4 is 5.82 Å². The van der Waals surface area contributed by atoms with Crippen LogP contribution >= 0.6 is 0 Å². The van der Waals surface area contributed by atoms with Crippen LogP contribution < -0.4 is 5.32 Å². The summed E-state index contributed by atoms with van der Waals surface area (Å²) in [6.07, 6.45) is 1.88. The Balaban J connectivity index is 2.29. The van der Waals surface area contributed by atoms with E-state index in [1.165, 1.54) is 11.1 Å². The third-order valence-electron chi connectivity index (χ3n) is 3.55. The first kappa shape index (κ1) is 15.5. The van der Waals surface area contributed by atoms with Crippen LogP contribution in [0.15, 0.2) is 30.3 Å². The predicted molar refractivity (Wildman–Crippen MR) is 88.9 cm³/mol. The second-order valence-electron chi connectivity index (χ2n) is 5.78. The topological polar surface area (TPSA) is 37.8 Å². The average molecular weight is 283 g/mol. The van der Waals surface area contributed by atoms with E-state index in [-0.39, 0.29) is 0 Å². The zero-order valence-corrected chi connectivity index (χ0v) is 13.5. The van der Waals surface area contributed by atoms with E-state index in [9.17, 15) is 0 Å². The number of rotatable bonds is 6. The predicted octanol–water partition coefficient (Wildman–Crippen LogP) is 4.32. The molecule has 0 atom stereocenters. The van der Waals surface area contributed by atoms with E-state index in [1.54, 1.807) is 0 Å².